The number of benzene rings is 2. The van der Waals surface area contributed by atoms with Crippen LogP contribution in [-0.4, -0.2) is 23.3 Å². The lowest BCUT2D eigenvalue weighted by molar-refractivity contribution is -0.114. The number of aromatic amines is 1. The van der Waals surface area contributed by atoms with E-state index in [9.17, 15) is 18.8 Å². The van der Waals surface area contributed by atoms with Crippen molar-refractivity contribution < 1.29 is 14.0 Å². The SMILES string of the molecule is CC(=O)Nc1cccc(C(=O)NCCc2cc3ccc(F)cc3[nH]c2=O)c1. The number of H-pyrrole nitrogens is 1. The van der Waals surface area contributed by atoms with Gasteiger partial charge in [0, 0.05) is 30.3 Å². The number of fused-ring (bicyclic) bond motifs is 1. The van der Waals surface area contributed by atoms with Gasteiger partial charge in [-0.15, -0.1) is 0 Å². The standard InChI is InChI=1S/C20H18FN3O3/c1-12(25)23-17-4-2-3-14(10-17)19(26)22-8-7-15-9-13-5-6-16(21)11-18(13)24-20(15)27/h2-6,9-11H,7-8H2,1H3,(H,22,26)(H,23,25)(H,24,27). The Morgan fingerprint density at radius 1 is 1.11 bits per heavy atom. The van der Waals surface area contributed by atoms with Gasteiger partial charge in [-0.25, -0.2) is 4.39 Å². The zero-order valence-electron chi connectivity index (χ0n) is 14.6. The lowest BCUT2D eigenvalue weighted by Gasteiger charge is -2.08. The Labute approximate surface area is 154 Å². The molecule has 0 bridgehead atoms. The summed E-state index contributed by atoms with van der Waals surface area (Å²) in [4.78, 5) is 38.1. The van der Waals surface area contributed by atoms with Crippen LogP contribution in [0, 0.1) is 5.82 Å². The quantitative estimate of drug-likeness (QED) is 0.647. The summed E-state index contributed by atoms with van der Waals surface area (Å²) >= 11 is 0. The molecular weight excluding hydrogens is 349 g/mol. The largest absolute Gasteiger partial charge is 0.352 e. The summed E-state index contributed by atoms with van der Waals surface area (Å²) in [6.45, 7) is 1.65. The van der Waals surface area contributed by atoms with E-state index in [0.717, 1.165) is 5.39 Å². The Morgan fingerprint density at radius 2 is 1.93 bits per heavy atom. The summed E-state index contributed by atoms with van der Waals surface area (Å²) in [5.74, 6) is -0.941. The van der Waals surface area contributed by atoms with Gasteiger partial charge < -0.3 is 15.6 Å². The first-order valence-corrected chi connectivity index (χ1v) is 8.40. The van der Waals surface area contributed by atoms with Gasteiger partial charge in [-0.05, 0) is 54.3 Å². The number of aromatic nitrogens is 1. The molecule has 0 aliphatic carbocycles. The maximum absolute atomic E-state index is 13.2. The monoisotopic (exact) mass is 367 g/mol. The molecule has 7 heteroatoms. The first kappa shape index (κ1) is 18.3. The molecule has 1 aromatic heterocycles. The van der Waals surface area contributed by atoms with Crippen LogP contribution < -0.4 is 16.2 Å². The van der Waals surface area contributed by atoms with Gasteiger partial charge in [-0.2, -0.15) is 0 Å². The number of hydrogen-bond donors (Lipinski definition) is 3. The van der Waals surface area contributed by atoms with E-state index in [1.54, 1.807) is 36.4 Å². The minimum Gasteiger partial charge on any atom is -0.352 e. The molecule has 0 radical (unpaired) electrons. The third-order valence-electron chi connectivity index (χ3n) is 4.01. The van der Waals surface area contributed by atoms with Crippen LogP contribution in [0.1, 0.15) is 22.8 Å². The molecule has 0 saturated carbocycles. The zero-order chi connectivity index (χ0) is 19.4. The van der Waals surface area contributed by atoms with Crippen LogP contribution in [0.25, 0.3) is 10.9 Å². The predicted octanol–water partition coefficient (Wildman–Crippen LogP) is 2.60. The number of halogens is 1. The van der Waals surface area contributed by atoms with Gasteiger partial charge in [-0.3, -0.25) is 14.4 Å². The van der Waals surface area contributed by atoms with Gasteiger partial charge in [0.15, 0.2) is 0 Å². The summed E-state index contributed by atoms with van der Waals surface area (Å²) in [6.07, 6.45) is 0.333. The molecule has 1 heterocycles. The Bertz CT molecular complexity index is 1080. The number of anilines is 1. The Kier molecular flexibility index (Phi) is 5.30. The van der Waals surface area contributed by atoms with Crippen molar-refractivity contribution in [3.8, 4) is 0 Å². The van der Waals surface area contributed by atoms with E-state index in [1.807, 2.05) is 0 Å². The molecule has 0 unspecified atom stereocenters. The first-order chi connectivity index (χ1) is 12.9. The maximum atomic E-state index is 13.2. The Balaban J connectivity index is 1.66. The molecule has 2 amide bonds. The van der Waals surface area contributed by atoms with E-state index in [1.165, 1.54) is 19.1 Å². The van der Waals surface area contributed by atoms with Crippen LogP contribution in [0.3, 0.4) is 0 Å². The summed E-state index contributed by atoms with van der Waals surface area (Å²) < 4.78 is 13.2. The maximum Gasteiger partial charge on any atom is 0.251 e. The predicted molar refractivity (Wildman–Crippen MR) is 101 cm³/mol. The molecule has 0 aliphatic heterocycles. The third kappa shape index (κ3) is 4.58. The topological polar surface area (TPSA) is 91.1 Å². The number of hydrogen-bond acceptors (Lipinski definition) is 3. The van der Waals surface area contributed by atoms with Crippen molar-refractivity contribution >= 4 is 28.4 Å². The van der Waals surface area contributed by atoms with E-state index in [-0.39, 0.29) is 23.9 Å². The van der Waals surface area contributed by atoms with Crippen molar-refractivity contribution in [3.05, 3.63) is 75.8 Å². The zero-order valence-corrected chi connectivity index (χ0v) is 14.6. The van der Waals surface area contributed by atoms with E-state index in [2.05, 4.69) is 15.6 Å². The van der Waals surface area contributed by atoms with Gasteiger partial charge in [0.2, 0.25) is 5.91 Å². The fourth-order valence-electron chi connectivity index (χ4n) is 2.76. The van der Waals surface area contributed by atoms with Crippen LogP contribution in [0.15, 0.2) is 53.3 Å². The van der Waals surface area contributed by atoms with Gasteiger partial charge in [-0.1, -0.05) is 6.07 Å². The highest BCUT2D eigenvalue weighted by Gasteiger charge is 2.08. The highest BCUT2D eigenvalue weighted by molar-refractivity contribution is 5.96. The Morgan fingerprint density at radius 3 is 2.70 bits per heavy atom. The smallest absolute Gasteiger partial charge is 0.251 e. The molecule has 0 atom stereocenters. The van der Waals surface area contributed by atoms with Crippen molar-refractivity contribution in [2.24, 2.45) is 0 Å². The minimum absolute atomic E-state index is 0.219. The van der Waals surface area contributed by atoms with Crippen molar-refractivity contribution in [2.45, 2.75) is 13.3 Å². The highest BCUT2D eigenvalue weighted by atomic mass is 19.1. The van der Waals surface area contributed by atoms with Gasteiger partial charge in [0.1, 0.15) is 5.82 Å². The fourth-order valence-corrected chi connectivity index (χ4v) is 2.76. The van der Waals surface area contributed by atoms with E-state index in [0.29, 0.717) is 28.8 Å². The second-order valence-electron chi connectivity index (χ2n) is 6.12. The minimum atomic E-state index is -0.417. The van der Waals surface area contributed by atoms with Crippen molar-refractivity contribution in [3.63, 3.8) is 0 Å². The number of rotatable bonds is 5. The summed E-state index contributed by atoms with van der Waals surface area (Å²) in [5.41, 5.74) is 1.57. The molecule has 0 spiro atoms. The average Bonchev–Trinajstić information content (AvgIpc) is 2.62. The van der Waals surface area contributed by atoms with Crippen molar-refractivity contribution in [1.29, 1.82) is 0 Å². The second kappa shape index (κ2) is 7.82. The molecule has 3 aromatic rings. The normalized spacial score (nSPS) is 10.6. The van der Waals surface area contributed by atoms with E-state index < -0.39 is 5.82 Å². The van der Waals surface area contributed by atoms with Gasteiger partial charge in [0.25, 0.3) is 11.5 Å². The summed E-state index contributed by atoms with van der Waals surface area (Å²) in [6, 6.07) is 12.5. The molecule has 3 rings (SSSR count). The van der Waals surface area contributed by atoms with Gasteiger partial charge in [0.05, 0.1) is 5.52 Å². The number of amides is 2. The van der Waals surface area contributed by atoms with Crippen LogP contribution >= 0.6 is 0 Å². The Hall–Kier alpha value is -3.48. The van der Waals surface area contributed by atoms with Crippen LogP contribution in [0.2, 0.25) is 0 Å². The van der Waals surface area contributed by atoms with Crippen LogP contribution in [0.5, 0.6) is 0 Å². The number of carbonyl (C=O) groups excluding carboxylic acids is 2. The third-order valence-corrected chi connectivity index (χ3v) is 4.01. The lowest BCUT2D eigenvalue weighted by atomic mass is 10.1. The molecular formula is C20H18FN3O3. The number of carbonyl (C=O) groups is 2. The highest BCUT2D eigenvalue weighted by Crippen LogP contribution is 2.13. The molecule has 0 saturated heterocycles. The summed E-state index contributed by atoms with van der Waals surface area (Å²) in [5, 5.41) is 6.09. The lowest BCUT2D eigenvalue weighted by Crippen LogP contribution is -2.27. The molecule has 6 nitrogen and oxygen atoms in total. The van der Waals surface area contributed by atoms with Crippen molar-refractivity contribution in [1.82, 2.24) is 10.3 Å². The van der Waals surface area contributed by atoms with Gasteiger partial charge >= 0.3 is 0 Å². The van der Waals surface area contributed by atoms with Crippen molar-refractivity contribution in [2.75, 3.05) is 11.9 Å². The molecule has 27 heavy (non-hydrogen) atoms. The van der Waals surface area contributed by atoms with E-state index in [4.69, 9.17) is 0 Å². The molecule has 3 N–H and O–H groups in total. The van der Waals surface area contributed by atoms with Crippen LogP contribution in [0.4, 0.5) is 10.1 Å². The molecule has 0 fully saturated rings. The van der Waals surface area contributed by atoms with E-state index >= 15 is 0 Å². The molecule has 138 valence electrons. The average molecular weight is 367 g/mol. The second-order valence-corrected chi connectivity index (χ2v) is 6.12. The number of pyridine rings is 1. The first-order valence-electron chi connectivity index (χ1n) is 8.40. The molecule has 2 aromatic carbocycles. The fraction of sp³-hybridized carbons (Fsp3) is 0.150. The van der Waals surface area contributed by atoms with Crippen LogP contribution in [-0.2, 0) is 11.2 Å². The molecule has 0 aliphatic rings. The number of nitrogens with one attached hydrogen (secondary N) is 3. The summed E-state index contributed by atoms with van der Waals surface area (Å²) in [7, 11) is 0.